The Morgan fingerprint density at radius 3 is 2.42 bits per heavy atom. The number of carbonyl (C=O) groups is 1. The molecule has 0 spiro atoms. The van der Waals surface area contributed by atoms with Crippen molar-refractivity contribution < 1.29 is 14.3 Å². The molecule has 1 aromatic carbocycles. The third kappa shape index (κ3) is 3.50. The van der Waals surface area contributed by atoms with Gasteiger partial charge >= 0.3 is 0 Å². The number of rotatable bonds is 3. The number of benzene rings is 1. The summed E-state index contributed by atoms with van der Waals surface area (Å²) in [5.41, 5.74) is 1.52. The highest BCUT2D eigenvalue weighted by Crippen LogP contribution is 2.32. The highest BCUT2D eigenvalue weighted by molar-refractivity contribution is 6.30. The summed E-state index contributed by atoms with van der Waals surface area (Å²) in [6.45, 7) is 4.96. The second kappa shape index (κ2) is 6.99. The minimum absolute atomic E-state index is 0.0174. The van der Waals surface area contributed by atoms with Crippen LogP contribution >= 0.6 is 11.6 Å². The molecular weight excluding hydrogens is 326 g/mol. The topological polar surface area (TPSA) is 53.7 Å². The van der Waals surface area contributed by atoms with Crippen molar-refractivity contribution in [3.05, 3.63) is 58.0 Å². The molecule has 1 unspecified atom stereocenters. The normalized spacial score (nSPS) is 17.1. The van der Waals surface area contributed by atoms with Crippen molar-refractivity contribution in [2.75, 3.05) is 13.1 Å². The number of furan rings is 1. The average molecular weight is 348 g/mol. The van der Waals surface area contributed by atoms with E-state index in [0.717, 1.165) is 24.2 Å². The van der Waals surface area contributed by atoms with Gasteiger partial charge < -0.3 is 14.4 Å². The number of aliphatic hydroxyl groups is 1. The lowest BCUT2D eigenvalue weighted by Gasteiger charge is -2.34. The molecule has 1 fully saturated rings. The second-order valence-electron chi connectivity index (χ2n) is 6.45. The van der Waals surface area contributed by atoms with Crippen LogP contribution in [0.4, 0.5) is 0 Å². The Morgan fingerprint density at radius 1 is 1.25 bits per heavy atom. The summed E-state index contributed by atoms with van der Waals surface area (Å²) < 4.78 is 5.45. The number of halogens is 1. The van der Waals surface area contributed by atoms with Crippen LogP contribution in [0.25, 0.3) is 0 Å². The number of hydrogen-bond acceptors (Lipinski definition) is 3. The quantitative estimate of drug-likeness (QED) is 0.908. The Labute approximate surface area is 147 Å². The molecule has 0 bridgehead atoms. The number of hydrogen-bond donors (Lipinski definition) is 1. The number of carbonyl (C=O) groups excluding carboxylic acids is 1. The highest BCUT2D eigenvalue weighted by atomic mass is 35.5. The van der Waals surface area contributed by atoms with Gasteiger partial charge in [-0.3, -0.25) is 4.79 Å². The maximum absolute atomic E-state index is 12.6. The van der Waals surface area contributed by atoms with Crippen LogP contribution in [0, 0.1) is 19.8 Å². The van der Waals surface area contributed by atoms with E-state index in [0.29, 0.717) is 29.4 Å². The van der Waals surface area contributed by atoms with Crippen LogP contribution in [-0.2, 0) is 0 Å². The number of amides is 1. The van der Waals surface area contributed by atoms with Crippen molar-refractivity contribution in [3.63, 3.8) is 0 Å². The van der Waals surface area contributed by atoms with Crippen molar-refractivity contribution in [2.45, 2.75) is 32.8 Å². The molecule has 4 nitrogen and oxygen atoms in total. The first-order chi connectivity index (χ1) is 11.5. The van der Waals surface area contributed by atoms with Gasteiger partial charge in [0.25, 0.3) is 5.91 Å². The molecular formula is C19H22ClNO3. The van der Waals surface area contributed by atoms with Crippen LogP contribution < -0.4 is 0 Å². The van der Waals surface area contributed by atoms with E-state index >= 15 is 0 Å². The molecule has 24 heavy (non-hydrogen) atoms. The zero-order valence-electron chi connectivity index (χ0n) is 14.0. The van der Waals surface area contributed by atoms with E-state index in [1.165, 1.54) is 0 Å². The minimum Gasteiger partial charge on any atom is -0.466 e. The first kappa shape index (κ1) is 17.1. The smallest absolute Gasteiger partial charge is 0.257 e. The molecule has 0 radical (unpaired) electrons. The Balaban J connectivity index is 1.62. The van der Waals surface area contributed by atoms with E-state index < -0.39 is 6.10 Å². The molecule has 128 valence electrons. The van der Waals surface area contributed by atoms with Gasteiger partial charge in [0, 0.05) is 18.1 Å². The van der Waals surface area contributed by atoms with Gasteiger partial charge in [0.1, 0.15) is 11.5 Å². The number of piperidine rings is 1. The number of likely N-dealkylation sites (tertiary alicyclic amines) is 1. The van der Waals surface area contributed by atoms with Crippen molar-refractivity contribution >= 4 is 17.5 Å². The molecule has 1 atom stereocenters. The van der Waals surface area contributed by atoms with Crippen LogP contribution in [0.2, 0.25) is 5.02 Å². The van der Waals surface area contributed by atoms with Crippen molar-refractivity contribution in [1.29, 1.82) is 0 Å². The monoisotopic (exact) mass is 347 g/mol. The molecule has 1 aromatic heterocycles. The molecule has 2 heterocycles. The summed E-state index contributed by atoms with van der Waals surface area (Å²) in [6, 6.07) is 9.11. The number of aryl methyl sites for hydroxylation is 2. The lowest BCUT2D eigenvalue weighted by Crippen LogP contribution is -2.39. The van der Waals surface area contributed by atoms with Crippen molar-refractivity contribution in [1.82, 2.24) is 4.90 Å². The molecule has 1 amide bonds. The summed E-state index contributed by atoms with van der Waals surface area (Å²) in [5.74, 6) is 1.59. The van der Waals surface area contributed by atoms with Gasteiger partial charge in [-0.15, -0.1) is 0 Å². The molecule has 1 N–H and O–H groups in total. The Kier molecular flexibility index (Phi) is 4.97. The van der Waals surface area contributed by atoms with E-state index in [1.54, 1.807) is 18.2 Å². The first-order valence-corrected chi connectivity index (χ1v) is 8.63. The van der Waals surface area contributed by atoms with Gasteiger partial charge in [-0.2, -0.15) is 0 Å². The fourth-order valence-electron chi connectivity index (χ4n) is 3.36. The largest absolute Gasteiger partial charge is 0.466 e. The second-order valence-corrected chi connectivity index (χ2v) is 6.89. The minimum atomic E-state index is -0.516. The van der Waals surface area contributed by atoms with Crippen LogP contribution in [0.3, 0.4) is 0 Å². The third-order valence-corrected chi connectivity index (χ3v) is 5.01. The van der Waals surface area contributed by atoms with Gasteiger partial charge in [-0.05, 0) is 56.4 Å². The fraction of sp³-hybridized carbons (Fsp3) is 0.421. The molecule has 3 rings (SSSR count). The number of nitrogens with zero attached hydrogens (tertiary/aromatic N) is 1. The first-order valence-electron chi connectivity index (χ1n) is 8.25. The van der Waals surface area contributed by atoms with Crippen molar-refractivity contribution in [3.8, 4) is 0 Å². The Morgan fingerprint density at radius 2 is 1.88 bits per heavy atom. The van der Waals surface area contributed by atoms with Crippen molar-refractivity contribution in [2.24, 2.45) is 5.92 Å². The van der Waals surface area contributed by atoms with E-state index in [-0.39, 0.29) is 11.8 Å². The highest BCUT2D eigenvalue weighted by Gasteiger charge is 2.29. The maximum atomic E-state index is 12.6. The van der Waals surface area contributed by atoms with Gasteiger partial charge in [-0.1, -0.05) is 23.7 Å². The molecule has 0 saturated carbocycles. The summed E-state index contributed by atoms with van der Waals surface area (Å²) >= 11 is 5.90. The molecule has 1 saturated heterocycles. The molecule has 2 aromatic rings. The summed E-state index contributed by atoms with van der Waals surface area (Å²) in [7, 11) is 0. The Bertz CT molecular complexity index is 715. The van der Waals surface area contributed by atoms with E-state index in [9.17, 15) is 9.90 Å². The van der Waals surface area contributed by atoms with Gasteiger partial charge in [0.2, 0.25) is 0 Å². The molecule has 5 heteroatoms. The Hall–Kier alpha value is -1.78. The van der Waals surface area contributed by atoms with Gasteiger partial charge in [0.15, 0.2) is 0 Å². The molecule has 1 aliphatic rings. The lowest BCUT2D eigenvalue weighted by molar-refractivity contribution is 0.0461. The molecule has 1 aliphatic heterocycles. The lowest BCUT2D eigenvalue weighted by atomic mass is 9.87. The predicted octanol–water partition coefficient (Wildman–Crippen LogP) is 4.14. The van der Waals surface area contributed by atoms with Crippen LogP contribution in [0.15, 0.2) is 34.7 Å². The predicted molar refractivity (Wildman–Crippen MR) is 93.2 cm³/mol. The SMILES string of the molecule is Cc1cc(C(=O)N2CCC(C(O)c3ccc(Cl)cc3)CC2)c(C)o1. The summed E-state index contributed by atoms with van der Waals surface area (Å²) in [5, 5.41) is 11.2. The van der Waals surface area contributed by atoms with E-state index in [4.69, 9.17) is 16.0 Å². The maximum Gasteiger partial charge on any atom is 0.257 e. The number of aliphatic hydroxyl groups excluding tert-OH is 1. The summed E-state index contributed by atoms with van der Waals surface area (Å²) in [6.07, 6.45) is 1.05. The summed E-state index contributed by atoms with van der Waals surface area (Å²) in [4.78, 5) is 14.5. The molecule has 0 aliphatic carbocycles. The standard InChI is InChI=1S/C19H22ClNO3/c1-12-11-17(13(2)24-12)19(23)21-9-7-15(8-10-21)18(22)14-3-5-16(20)6-4-14/h3-6,11,15,18,22H,7-10H2,1-2H3. The van der Waals surface area contributed by atoms with Gasteiger partial charge in [0.05, 0.1) is 11.7 Å². The fourth-order valence-corrected chi connectivity index (χ4v) is 3.49. The van der Waals surface area contributed by atoms with Crippen LogP contribution in [0.5, 0.6) is 0 Å². The zero-order chi connectivity index (χ0) is 17.3. The zero-order valence-corrected chi connectivity index (χ0v) is 14.7. The average Bonchev–Trinajstić information content (AvgIpc) is 2.93. The van der Waals surface area contributed by atoms with Crippen LogP contribution in [0.1, 0.15) is 46.4 Å². The van der Waals surface area contributed by atoms with Crippen LogP contribution in [-0.4, -0.2) is 29.0 Å². The van der Waals surface area contributed by atoms with E-state index in [1.807, 2.05) is 30.9 Å². The van der Waals surface area contributed by atoms with E-state index in [2.05, 4.69) is 0 Å². The van der Waals surface area contributed by atoms with Gasteiger partial charge in [-0.25, -0.2) is 0 Å². The third-order valence-electron chi connectivity index (χ3n) is 4.76.